The minimum absolute atomic E-state index is 0.119. The molecule has 1 amide bonds. The van der Waals surface area contributed by atoms with Crippen LogP contribution in [0.3, 0.4) is 0 Å². The molecule has 0 spiro atoms. The van der Waals surface area contributed by atoms with Gasteiger partial charge in [0, 0.05) is 44.0 Å². The number of rotatable bonds is 5. The van der Waals surface area contributed by atoms with Gasteiger partial charge in [0.2, 0.25) is 11.9 Å². The summed E-state index contributed by atoms with van der Waals surface area (Å²) in [5, 5.41) is 3.18. The second kappa shape index (κ2) is 8.61. The largest absolute Gasteiger partial charge is 0.354 e. The van der Waals surface area contributed by atoms with E-state index in [1.807, 2.05) is 6.07 Å². The van der Waals surface area contributed by atoms with Crippen LogP contribution in [0.4, 0.5) is 5.95 Å². The first-order valence-corrected chi connectivity index (χ1v) is 9.67. The standard InChI is InChI=1S/C19H31N5O/c1-15-4-10-23(11-5-15)16(2)14-22-18(25)17-6-12-24(13-7-17)19-20-8-3-9-21-19/h3,8-9,15-17H,4-7,10-14H2,1-2H3,(H,22,25)/t16-/m1/s1. The minimum atomic E-state index is 0.119. The Hall–Kier alpha value is -1.69. The SMILES string of the molecule is CC1CCN([C@H](C)CNC(=O)C2CCN(c3ncccn3)CC2)CC1. The van der Waals surface area contributed by atoms with Gasteiger partial charge in [-0.15, -0.1) is 0 Å². The average Bonchev–Trinajstić information content (AvgIpc) is 2.67. The third-order valence-corrected chi connectivity index (χ3v) is 5.71. The lowest BCUT2D eigenvalue weighted by Crippen LogP contribution is -2.47. The van der Waals surface area contributed by atoms with Crippen LogP contribution in [0.1, 0.15) is 39.5 Å². The van der Waals surface area contributed by atoms with E-state index in [0.29, 0.717) is 6.04 Å². The van der Waals surface area contributed by atoms with Gasteiger partial charge in [-0.2, -0.15) is 0 Å². The van der Waals surface area contributed by atoms with Crippen molar-refractivity contribution in [2.75, 3.05) is 37.6 Å². The first-order chi connectivity index (χ1) is 12.1. The fraction of sp³-hybridized carbons (Fsp3) is 0.737. The highest BCUT2D eigenvalue weighted by Crippen LogP contribution is 2.21. The normalized spacial score (nSPS) is 21.9. The molecule has 3 rings (SSSR count). The number of nitrogens with zero attached hydrogens (tertiary/aromatic N) is 4. The maximum Gasteiger partial charge on any atom is 0.225 e. The van der Waals surface area contributed by atoms with Gasteiger partial charge in [0.1, 0.15) is 0 Å². The number of nitrogens with one attached hydrogen (secondary N) is 1. The number of likely N-dealkylation sites (tertiary alicyclic amines) is 1. The minimum Gasteiger partial charge on any atom is -0.354 e. The zero-order valence-corrected chi connectivity index (χ0v) is 15.5. The van der Waals surface area contributed by atoms with E-state index < -0.39 is 0 Å². The summed E-state index contributed by atoms with van der Waals surface area (Å²) < 4.78 is 0. The van der Waals surface area contributed by atoms with Crippen molar-refractivity contribution < 1.29 is 4.79 Å². The number of hydrogen-bond donors (Lipinski definition) is 1. The van der Waals surface area contributed by atoms with Gasteiger partial charge in [0.25, 0.3) is 0 Å². The number of amides is 1. The molecule has 0 unspecified atom stereocenters. The van der Waals surface area contributed by atoms with Crippen molar-refractivity contribution in [2.45, 2.75) is 45.6 Å². The summed E-state index contributed by atoms with van der Waals surface area (Å²) in [6, 6.07) is 2.25. The predicted molar refractivity (Wildman–Crippen MR) is 99.4 cm³/mol. The molecule has 0 saturated carbocycles. The van der Waals surface area contributed by atoms with E-state index in [-0.39, 0.29) is 11.8 Å². The summed E-state index contributed by atoms with van der Waals surface area (Å²) in [5.74, 6) is 1.95. The average molecular weight is 345 g/mol. The van der Waals surface area contributed by atoms with Crippen LogP contribution in [-0.4, -0.2) is 59.5 Å². The van der Waals surface area contributed by atoms with Gasteiger partial charge >= 0.3 is 0 Å². The van der Waals surface area contributed by atoms with Gasteiger partial charge in [-0.1, -0.05) is 6.92 Å². The van der Waals surface area contributed by atoms with Gasteiger partial charge in [0.15, 0.2) is 0 Å². The maximum absolute atomic E-state index is 12.5. The Morgan fingerprint density at radius 2 is 1.80 bits per heavy atom. The highest BCUT2D eigenvalue weighted by molar-refractivity contribution is 5.79. The van der Waals surface area contributed by atoms with Crippen LogP contribution in [0, 0.1) is 11.8 Å². The number of carbonyl (C=O) groups is 1. The summed E-state index contributed by atoms with van der Waals surface area (Å²) in [4.78, 5) is 25.8. The van der Waals surface area contributed by atoms with E-state index >= 15 is 0 Å². The Morgan fingerprint density at radius 3 is 2.44 bits per heavy atom. The Bertz CT molecular complexity index is 536. The van der Waals surface area contributed by atoms with E-state index in [4.69, 9.17) is 0 Å². The predicted octanol–water partition coefficient (Wildman–Crippen LogP) is 1.93. The van der Waals surface area contributed by atoms with Crippen LogP contribution in [0.2, 0.25) is 0 Å². The second-order valence-corrected chi connectivity index (χ2v) is 7.62. The lowest BCUT2D eigenvalue weighted by atomic mass is 9.95. The molecule has 2 fully saturated rings. The molecule has 1 aromatic rings. The van der Waals surface area contributed by atoms with E-state index in [0.717, 1.165) is 57.4 Å². The molecular weight excluding hydrogens is 314 g/mol. The number of hydrogen-bond acceptors (Lipinski definition) is 5. The lowest BCUT2D eigenvalue weighted by molar-refractivity contribution is -0.125. The van der Waals surface area contributed by atoms with Crippen LogP contribution >= 0.6 is 0 Å². The third kappa shape index (κ3) is 4.91. The molecule has 1 N–H and O–H groups in total. The maximum atomic E-state index is 12.5. The van der Waals surface area contributed by atoms with Crippen LogP contribution in [-0.2, 0) is 4.79 Å². The molecule has 1 aromatic heterocycles. The van der Waals surface area contributed by atoms with Gasteiger partial charge in [-0.3, -0.25) is 9.69 Å². The van der Waals surface area contributed by atoms with Crippen LogP contribution < -0.4 is 10.2 Å². The van der Waals surface area contributed by atoms with Gasteiger partial charge in [-0.05, 0) is 57.7 Å². The molecule has 0 bridgehead atoms. The molecule has 3 heterocycles. The van der Waals surface area contributed by atoms with Crippen molar-refractivity contribution in [1.82, 2.24) is 20.2 Å². The van der Waals surface area contributed by atoms with Crippen LogP contribution in [0.25, 0.3) is 0 Å². The summed E-state index contributed by atoms with van der Waals surface area (Å²) >= 11 is 0. The number of anilines is 1. The number of piperidine rings is 2. The molecule has 2 aliphatic heterocycles. The zero-order chi connectivity index (χ0) is 17.6. The molecule has 0 aliphatic carbocycles. The topological polar surface area (TPSA) is 61.4 Å². The number of aromatic nitrogens is 2. The summed E-state index contributed by atoms with van der Waals surface area (Å²) in [6.07, 6.45) is 7.84. The summed E-state index contributed by atoms with van der Waals surface area (Å²) in [5.41, 5.74) is 0. The fourth-order valence-electron chi connectivity index (χ4n) is 3.79. The van der Waals surface area contributed by atoms with E-state index in [1.165, 1.54) is 12.8 Å². The molecule has 0 radical (unpaired) electrons. The first kappa shape index (κ1) is 18.1. The Kier molecular flexibility index (Phi) is 6.24. The molecule has 2 aliphatic rings. The van der Waals surface area contributed by atoms with E-state index in [2.05, 4.69) is 38.9 Å². The monoisotopic (exact) mass is 345 g/mol. The summed E-state index contributed by atoms with van der Waals surface area (Å²) in [7, 11) is 0. The molecule has 0 aromatic carbocycles. The molecule has 25 heavy (non-hydrogen) atoms. The van der Waals surface area contributed by atoms with E-state index in [9.17, 15) is 4.79 Å². The first-order valence-electron chi connectivity index (χ1n) is 9.67. The van der Waals surface area contributed by atoms with Crippen molar-refractivity contribution in [1.29, 1.82) is 0 Å². The van der Waals surface area contributed by atoms with Crippen molar-refractivity contribution in [3.05, 3.63) is 18.5 Å². The van der Waals surface area contributed by atoms with Crippen LogP contribution in [0.5, 0.6) is 0 Å². The molecule has 138 valence electrons. The smallest absolute Gasteiger partial charge is 0.225 e. The van der Waals surface area contributed by atoms with E-state index in [1.54, 1.807) is 12.4 Å². The van der Waals surface area contributed by atoms with Gasteiger partial charge in [0.05, 0.1) is 0 Å². The Balaban J connectivity index is 1.39. The van der Waals surface area contributed by atoms with Gasteiger partial charge in [-0.25, -0.2) is 9.97 Å². The molecule has 1 atom stereocenters. The fourth-order valence-corrected chi connectivity index (χ4v) is 3.79. The second-order valence-electron chi connectivity index (χ2n) is 7.62. The molecule has 6 nitrogen and oxygen atoms in total. The highest BCUT2D eigenvalue weighted by atomic mass is 16.1. The zero-order valence-electron chi connectivity index (χ0n) is 15.5. The van der Waals surface area contributed by atoms with Crippen molar-refractivity contribution in [3.8, 4) is 0 Å². The van der Waals surface area contributed by atoms with Crippen molar-refractivity contribution in [3.63, 3.8) is 0 Å². The van der Waals surface area contributed by atoms with Gasteiger partial charge < -0.3 is 10.2 Å². The van der Waals surface area contributed by atoms with Crippen LogP contribution in [0.15, 0.2) is 18.5 Å². The quantitative estimate of drug-likeness (QED) is 0.883. The summed E-state index contributed by atoms with van der Waals surface area (Å²) in [6.45, 7) is 9.34. The Morgan fingerprint density at radius 1 is 1.16 bits per heavy atom. The van der Waals surface area contributed by atoms with Crippen molar-refractivity contribution in [2.24, 2.45) is 11.8 Å². The molecule has 2 saturated heterocycles. The molecular formula is C19H31N5O. The highest BCUT2D eigenvalue weighted by Gasteiger charge is 2.27. The van der Waals surface area contributed by atoms with Crippen molar-refractivity contribution >= 4 is 11.9 Å². The Labute approximate surface area is 151 Å². The third-order valence-electron chi connectivity index (χ3n) is 5.71. The number of carbonyl (C=O) groups excluding carboxylic acids is 1. The lowest BCUT2D eigenvalue weighted by Gasteiger charge is -2.35. The molecule has 6 heteroatoms.